The molecule has 1 aromatic carbocycles. The Bertz CT molecular complexity index is 701. The van der Waals surface area contributed by atoms with Crippen molar-refractivity contribution in [2.24, 2.45) is 0 Å². The van der Waals surface area contributed by atoms with Gasteiger partial charge in [-0.05, 0) is 25.0 Å². The zero-order chi connectivity index (χ0) is 14.7. The number of hydrogen-bond donors (Lipinski definition) is 1. The second-order valence-corrected chi connectivity index (χ2v) is 7.44. The van der Waals surface area contributed by atoms with Gasteiger partial charge in [0.05, 0.1) is 0 Å². The van der Waals surface area contributed by atoms with Crippen LogP contribution in [0.1, 0.15) is 44.2 Å². The third-order valence-electron chi connectivity index (χ3n) is 3.98. The molecule has 6 heteroatoms. The summed E-state index contributed by atoms with van der Waals surface area (Å²) in [5.74, 6) is -0.124. The number of nitrogens with one attached hydrogen (secondary N) is 1. The highest BCUT2D eigenvalue weighted by Gasteiger charge is 2.22. The molecule has 21 heavy (non-hydrogen) atoms. The minimum atomic E-state index is -3.38. The summed E-state index contributed by atoms with van der Waals surface area (Å²) in [6.07, 6.45) is 6.45. The first-order valence-corrected chi connectivity index (χ1v) is 9.12. The van der Waals surface area contributed by atoms with E-state index < -0.39 is 10.0 Å². The van der Waals surface area contributed by atoms with Crippen molar-refractivity contribution >= 4 is 21.0 Å². The Kier molecular flexibility index (Phi) is 4.26. The van der Waals surface area contributed by atoms with E-state index in [9.17, 15) is 8.42 Å². The largest absolute Gasteiger partial charge is 0.356 e. The highest BCUT2D eigenvalue weighted by molar-refractivity contribution is 7.88. The van der Waals surface area contributed by atoms with Gasteiger partial charge in [0, 0.05) is 11.4 Å². The molecule has 0 saturated heterocycles. The lowest BCUT2D eigenvalue weighted by atomic mass is 10.1. The van der Waals surface area contributed by atoms with Crippen molar-refractivity contribution in [3.8, 4) is 0 Å². The lowest BCUT2D eigenvalue weighted by Gasteiger charge is -2.15. The second-order valence-electron chi connectivity index (χ2n) is 5.69. The zero-order valence-electron chi connectivity index (χ0n) is 11.9. The van der Waals surface area contributed by atoms with E-state index in [1.54, 1.807) is 6.07 Å². The molecule has 0 spiro atoms. The third kappa shape index (κ3) is 3.63. The molecule has 1 saturated carbocycles. The third-order valence-corrected chi connectivity index (χ3v) is 5.33. The molecular formula is C15H20N2O3S. The first-order chi connectivity index (χ1) is 10.1. The number of sulfonamides is 1. The van der Waals surface area contributed by atoms with Gasteiger partial charge in [0.15, 0.2) is 5.58 Å². The van der Waals surface area contributed by atoms with E-state index in [0.29, 0.717) is 11.3 Å². The van der Waals surface area contributed by atoms with Gasteiger partial charge in [-0.1, -0.05) is 43.0 Å². The number of rotatable bonds is 4. The van der Waals surface area contributed by atoms with Crippen LogP contribution in [0.4, 0.5) is 0 Å². The zero-order valence-corrected chi connectivity index (χ0v) is 12.7. The lowest BCUT2D eigenvalue weighted by molar-refractivity contribution is 0.447. The van der Waals surface area contributed by atoms with Crippen LogP contribution >= 0.6 is 0 Å². The smallest absolute Gasteiger partial charge is 0.217 e. The topological polar surface area (TPSA) is 72.2 Å². The molecule has 0 atom stereocenters. The van der Waals surface area contributed by atoms with E-state index in [1.807, 2.05) is 18.2 Å². The maximum atomic E-state index is 12.3. The minimum Gasteiger partial charge on any atom is -0.356 e. The number of benzene rings is 1. The van der Waals surface area contributed by atoms with Crippen molar-refractivity contribution in [2.45, 2.75) is 50.3 Å². The first kappa shape index (κ1) is 14.5. The van der Waals surface area contributed by atoms with Crippen LogP contribution in [0, 0.1) is 0 Å². The van der Waals surface area contributed by atoms with Crippen LogP contribution in [0.3, 0.4) is 0 Å². The van der Waals surface area contributed by atoms with Crippen LogP contribution in [0.25, 0.3) is 11.0 Å². The summed E-state index contributed by atoms with van der Waals surface area (Å²) in [5.41, 5.74) is 1.10. The van der Waals surface area contributed by atoms with Gasteiger partial charge in [-0.3, -0.25) is 0 Å². The average Bonchev–Trinajstić information content (AvgIpc) is 2.68. The molecule has 0 aliphatic heterocycles. The highest BCUT2D eigenvalue weighted by atomic mass is 32.2. The van der Waals surface area contributed by atoms with Gasteiger partial charge in [-0.2, -0.15) is 0 Å². The molecular weight excluding hydrogens is 288 g/mol. The molecule has 1 aliphatic carbocycles. The van der Waals surface area contributed by atoms with Gasteiger partial charge in [0.1, 0.15) is 11.4 Å². The van der Waals surface area contributed by atoms with E-state index in [-0.39, 0.29) is 11.8 Å². The van der Waals surface area contributed by atoms with Crippen LogP contribution in [0.15, 0.2) is 28.8 Å². The van der Waals surface area contributed by atoms with E-state index in [2.05, 4.69) is 9.88 Å². The Morgan fingerprint density at radius 3 is 2.62 bits per heavy atom. The van der Waals surface area contributed by atoms with Gasteiger partial charge < -0.3 is 4.52 Å². The fraction of sp³-hybridized carbons (Fsp3) is 0.533. The monoisotopic (exact) mass is 308 g/mol. The molecule has 114 valence electrons. The Labute approximate surface area is 124 Å². The molecule has 0 bridgehead atoms. The molecule has 3 rings (SSSR count). The first-order valence-electron chi connectivity index (χ1n) is 7.47. The maximum absolute atomic E-state index is 12.3. The molecule has 0 unspecified atom stereocenters. The molecule has 0 amide bonds. The predicted octanol–water partition coefficient (Wildman–Crippen LogP) is 2.97. The molecule has 5 nitrogen and oxygen atoms in total. The number of hydrogen-bond acceptors (Lipinski definition) is 4. The average molecular weight is 308 g/mol. The van der Waals surface area contributed by atoms with Crippen LogP contribution in [-0.4, -0.2) is 19.6 Å². The summed E-state index contributed by atoms with van der Waals surface area (Å²) in [7, 11) is -3.38. The van der Waals surface area contributed by atoms with Gasteiger partial charge in [0.25, 0.3) is 0 Å². The van der Waals surface area contributed by atoms with Gasteiger partial charge in [-0.25, -0.2) is 13.1 Å². The van der Waals surface area contributed by atoms with Crippen molar-refractivity contribution in [1.29, 1.82) is 0 Å². The Balaban J connectivity index is 1.73. The van der Waals surface area contributed by atoms with Crippen molar-refractivity contribution in [3.63, 3.8) is 0 Å². The molecule has 0 radical (unpaired) electrons. The molecule has 1 fully saturated rings. The van der Waals surface area contributed by atoms with Gasteiger partial charge in [-0.15, -0.1) is 0 Å². The second kappa shape index (κ2) is 6.15. The predicted molar refractivity (Wildman–Crippen MR) is 81.3 cm³/mol. The number of aromatic nitrogens is 1. The van der Waals surface area contributed by atoms with Crippen molar-refractivity contribution in [2.75, 3.05) is 0 Å². The van der Waals surface area contributed by atoms with Crippen LogP contribution in [-0.2, 0) is 15.8 Å². The normalized spacial score (nSPS) is 17.9. The Hall–Kier alpha value is -1.40. The molecule has 2 aromatic rings. The summed E-state index contributed by atoms with van der Waals surface area (Å²) in [6.45, 7) is 0. The van der Waals surface area contributed by atoms with Crippen LogP contribution < -0.4 is 4.72 Å². The number of para-hydroxylation sites is 1. The molecule has 1 N–H and O–H groups in total. The quantitative estimate of drug-likeness (QED) is 0.881. The maximum Gasteiger partial charge on any atom is 0.217 e. The van der Waals surface area contributed by atoms with E-state index >= 15 is 0 Å². The van der Waals surface area contributed by atoms with Gasteiger partial charge >= 0.3 is 0 Å². The van der Waals surface area contributed by atoms with Crippen molar-refractivity contribution in [3.05, 3.63) is 30.0 Å². The Morgan fingerprint density at radius 1 is 1.14 bits per heavy atom. The summed E-state index contributed by atoms with van der Waals surface area (Å²) in [5, 5.41) is 4.67. The summed E-state index contributed by atoms with van der Waals surface area (Å²) >= 11 is 0. The number of fused-ring (bicyclic) bond motifs is 1. The Morgan fingerprint density at radius 2 is 1.86 bits per heavy atom. The summed E-state index contributed by atoms with van der Waals surface area (Å²) in [6, 6.07) is 7.39. The molecule has 1 aliphatic rings. The molecule has 1 heterocycles. The van der Waals surface area contributed by atoms with Crippen molar-refractivity contribution < 1.29 is 12.9 Å². The van der Waals surface area contributed by atoms with E-state index in [1.165, 1.54) is 12.8 Å². The standard InChI is InChI=1S/C15H20N2O3S/c18-21(19,17-12-7-3-1-2-4-8-12)11-14-13-9-5-6-10-15(13)20-16-14/h5-6,9-10,12,17H,1-4,7-8,11H2. The van der Waals surface area contributed by atoms with E-state index in [4.69, 9.17) is 4.52 Å². The van der Waals surface area contributed by atoms with Crippen LogP contribution in [0.5, 0.6) is 0 Å². The fourth-order valence-electron chi connectivity index (χ4n) is 2.92. The number of nitrogens with zero attached hydrogens (tertiary/aromatic N) is 1. The fourth-order valence-corrected chi connectivity index (χ4v) is 4.31. The van der Waals surface area contributed by atoms with E-state index in [0.717, 1.165) is 31.1 Å². The highest BCUT2D eigenvalue weighted by Crippen LogP contribution is 2.21. The SMILES string of the molecule is O=S(=O)(Cc1noc2ccccc12)NC1CCCCCC1. The minimum absolute atomic E-state index is 0.0654. The summed E-state index contributed by atoms with van der Waals surface area (Å²) in [4.78, 5) is 0. The molecule has 1 aromatic heterocycles. The van der Waals surface area contributed by atoms with Crippen LogP contribution in [0.2, 0.25) is 0 Å². The van der Waals surface area contributed by atoms with Crippen molar-refractivity contribution in [1.82, 2.24) is 9.88 Å². The lowest BCUT2D eigenvalue weighted by Crippen LogP contribution is -2.35. The summed E-state index contributed by atoms with van der Waals surface area (Å²) < 4.78 is 32.6. The van der Waals surface area contributed by atoms with Gasteiger partial charge in [0.2, 0.25) is 10.0 Å².